The lowest BCUT2D eigenvalue weighted by Gasteiger charge is -2.31. The predicted octanol–water partition coefficient (Wildman–Crippen LogP) is 7.92. The topological polar surface area (TPSA) is 73.2 Å². The highest BCUT2D eigenvalue weighted by molar-refractivity contribution is 5.84. The molecule has 5 heteroatoms. The van der Waals surface area contributed by atoms with Gasteiger partial charge in [0, 0.05) is 11.8 Å². The number of hydrogen-bond donors (Lipinski definition) is 3. The van der Waals surface area contributed by atoms with Gasteiger partial charge in [-0.05, 0) is 117 Å². The van der Waals surface area contributed by atoms with Crippen molar-refractivity contribution in [3.8, 4) is 28.7 Å². The quantitative estimate of drug-likeness (QED) is 0.277. The van der Waals surface area contributed by atoms with Crippen molar-refractivity contribution in [1.82, 2.24) is 0 Å². The summed E-state index contributed by atoms with van der Waals surface area (Å²) >= 11 is 0. The predicted molar refractivity (Wildman–Crippen MR) is 141 cm³/mol. The summed E-state index contributed by atoms with van der Waals surface area (Å²) in [6.07, 6.45) is 0. The van der Waals surface area contributed by atoms with Crippen molar-refractivity contribution < 1.29 is 20.1 Å². The Kier molecular flexibility index (Phi) is 6.35. The molecule has 4 aromatic carbocycles. The van der Waals surface area contributed by atoms with Crippen molar-refractivity contribution >= 4 is 17.1 Å². The maximum absolute atomic E-state index is 10.5. The Labute approximate surface area is 206 Å². The van der Waals surface area contributed by atoms with Crippen LogP contribution in [0, 0.1) is 41.5 Å². The van der Waals surface area contributed by atoms with Gasteiger partial charge in [0.2, 0.25) is 0 Å². The van der Waals surface area contributed by atoms with Crippen molar-refractivity contribution in [2.75, 3.05) is 4.90 Å². The molecule has 0 fully saturated rings. The summed E-state index contributed by atoms with van der Waals surface area (Å²) in [6.45, 7) is 11.7. The van der Waals surface area contributed by atoms with Gasteiger partial charge in [-0.25, -0.2) is 0 Å². The molecule has 0 aromatic heterocycles. The first kappa shape index (κ1) is 24.0. The molecule has 0 unspecified atom stereocenters. The summed E-state index contributed by atoms with van der Waals surface area (Å²) in [5, 5.41) is 30.8. The number of rotatable bonds is 5. The zero-order chi connectivity index (χ0) is 25.4. The normalized spacial score (nSPS) is 10.9. The molecular weight excluding hydrogens is 438 g/mol. The molecule has 0 aliphatic rings. The van der Waals surface area contributed by atoms with E-state index in [9.17, 15) is 15.3 Å². The number of phenols is 3. The smallest absolute Gasteiger partial charge is 0.171 e. The fraction of sp³-hybridized carbons (Fsp3) is 0.200. The van der Waals surface area contributed by atoms with Crippen molar-refractivity contribution in [1.29, 1.82) is 0 Å². The monoisotopic (exact) mass is 469 g/mol. The number of phenolic OH excluding ortho intramolecular Hbond substituents is 3. The zero-order valence-corrected chi connectivity index (χ0v) is 21.0. The molecule has 3 N–H and O–H groups in total. The van der Waals surface area contributed by atoms with Gasteiger partial charge in [-0.15, -0.1) is 0 Å². The maximum atomic E-state index is 10.5. The lowest BCUT2D eigenvalue weighted by Crippen LogP contribution is -2.15. The molecule has 0 amide bonds. The van der Waals surface area contributed by atoms with E-state index in [-0.39, 0.29) is 17.2 Å². The number of aromatic hydroxyl groups is 3. The molecule has 0 heterocycles. The molecule has 180 valence electrons. The molecule has 0 aliphatic carbocycles. The van der Waals surface area contributed by atoms with Gasteiger partial charge in [-0.3, -0.25) is 0 Å². The average Bonchev–Trinajstić information content (AvgIpc) is 2.74. The highest BCUT2D eigenvalue weighted by Gasteiger charge is 2.22. The van der Waals surface area contributed by atoms with Crippen LogP contribution in [0.1, 0.15) is 33.4 Å². The van der Waals surface area contributed by atoms with Crippen molar-refractivity contribution in [2.45, 2.75) is 41.5 Å². The van der Waals surface area contributed by atoms with Crippen LogP contribution in [0.5, 0.6) is 28.7 Å². The van der Waals surface area contributed by atoms with Gasteiger partial charge in [-0.2, -0.15) is 0 Å². The molecule has 0 radical (unpaired) electrons. The van der Waals surface area contributed by atoms with Crippen LogP contribution in [0.15, 0.2) is 60.7 Å². The number of ether oxygens (including phenoxy) is 1. The van der Waals surface area contributed by atoms with E-state index in [1.165, 1.54) is 0 Å². The fourth-order valence-electron chi connectivity index (χ4n) is 4.81. The molecule has 0 aliphatic heterocycles. The second-order valence-corrected chi connectivity index (χ2v) is 9.22. The van der Waals surface area contributed by atoms with Crippen molar-refractivity contribution in [3.05, 3.63) is 94.0 Å². The molecule has 35 heavy (non-hydrogen) atoms. The van der Waals surface area contributed by atoms with Crippen LogP contribution in [0.2, 0.25) is 0 Å². The Bertz CT molecular complexity index is 1300. The van der Waals surface area contributed by atoms with Crippen molar-refractivity contribution in [3.63, 3.8) is 0 Å². The van der Waals surface area contributed by atoms with E-state index in [4.69, 9.17) is 4.74 Å². The minimum atomic E-state index is 0.0974. The Morgan fingerprint density at radius 2 is 1.11 bits per heavy atom. The second kappa shape index (κ2) is 9.26. The van der Waals surface area contributed by atoms with Gasteiger partial charge in [0.15, 0.2) is 11.5 Å². The molecule has 0 saturated carbocycles. The summed E-state index contributed by atoms with van der Waals surface area (Å²) in [4.78, 5) is 2.13. The van der Waals surface area contributed by atoms with E-state index in [0.717, 1.165) is 50.4 Å². The lowest BCUT2D eigenvalue weighted by atomic mass is 10.0. The molecular formula is C30H31NO4. The van der Waals surface area contributed by atoms with E-state index in [0.29, 0.717) is 11.5 Å². The standard InChI is InChI=1S/C30H31NO4/c1-17-10-22(6)30(27(34)11-17)35-26-9-7-8-23(16-26)31(28-18(2)12-24(32)13-19(28)3)29-20(4)14-25(33)15-21(29)5/h7-16,32-34H,1-6H3. The molecule has 0 bridgehead atoms. The Balaban J connectivity index is 1.91. The number of aryl methyl sites for hydroxylation is 6. The first-order chi connectivity index (χ1) is 16.5. The minimum Gasteiger partial charge on any atom is -0.508 e. The Morgan fingerprint density at radius 1 is 0.600 bits per heavy atom. The number of anilines is 3. The molecule has 0 saturated heterocycles. The highest BCUT2D eigenvalue weighted by atomic mass is 16.5. The highest BCUT2D eigenvalue weighted by Crippen LogP contribution is 2.45. The van der Waals surface area contributed by atoms with Gasteiger partial charge < -0.3 is 25.0 Å². The van der Waals surface area contributed by atoms with Gasteiger partial charge in [0.25, 0.3) is 0 Å². The number of nitrogens with zero attached hydrogens (tertiary/aromatic N) is 1. The third kappa shape index (κ3) is 4.76. The van der Waals surface area contributed by atoms with Crippen LogP contribution < -0.4 is 9.64 Å². The third-order valence-corrected chi connectivity index (χ3v) is 6.09. The third-order valence-electron chi connectivity index (χ3n) is 6.09. The zero-order valence-electron chi connectivity index (χ0n) is 21.0. The number of hydrogen-bond acceptors (Lipinski definition) is 5. The molecule has 4 rings (SSSR count). The van der Waals surface area contributed by atoms with Crippen LogP contribution in [0.25, 0.3) is 0 Å². The maximum Gasteiger partial charge on any atom is 0.171 e. The van der Waals surface area contributed by atoms with Crippen LogP contribution in [0.4, 0.5) is 17.1 Å². The first-order valence-electron chi connectivity index (χ1n) is 11.5. The minimum absolute atomic E-state index is 0.0974. The van der Waals surface area contributed by atoms with E-state index >= 15 is 0 Å². The van der Waals surface area contributed by atoms with Gasteiger partial charge in [0.1, 0.15) is 17.2 Å². The SMILES string of the molecule is Cc1cc(C)c(Oc2cccc(N(c3c(C)cc(O)cc3C)c3c(C)cc(O)cc3C)c2)c(O)c1. The Morgan fingerprint density at radius 3 is 1.60 bits per heavy atom. The van der Waals surface area contributed by atoms with Crippen LogP contribution in [-0.2, 0) is 0 Å². The lowest BCUT2D eigenvalue weighted by molar-refractivity contribution is 0.408. The van der Waals surface area contributed by atoms with Crippen molar-refractivity contribution in [2.24, 2.45) is 0 Å². The molecule has 0 atom stereocenters. The molecule has 4 aromatic rings. The molecule has 0 spiro atoms. The van der Waals surface area contributed by atoms with Gasteiger partial charge in [-0.1, -0.05) is 12.1 Å². The largest absolute Gasteiger partial charge is 0.508 e. The molecule has 5 nitrogen and oxygen atoms in total. The summed E-state index contributed by atoms with van der Waals surface area (Å²) < 4.78 is 6.16. The number of benzene rings is 4. The van der Waals surface area contributed by atoms with Crippen LogP contribution in [-0.4, -0.2) is 15.3 Å². The van der Waals surface area contributed by atoms with E-state index in [1.807, 2.05) is 71.9 Å². The summed E-state index contributed by atoms with van der Waals surface area (Å²) in [7, 11) is 0. The van der Waals surface area contributed by atoms with E-state index in [2.05, 4.69) is 4.90 Å². The first-order valence-corrected chi connectivity index (χ1v) is 11.5. The van der Waals surface area contributed by atoms with Gasteiger partial charge >= 0.3 is 0 Å². The average molecular weight is 470 g/mol. The van der Waals surface area contributed by atoms with E-state index < -0.39 is 0 Å². The van der Waals surface area contributed by atoms with Crippen LogP contribution >= 0.6 is 0 Å². The summed E-state index contributed by atoms with van der Waals surface area (Å²) in [5.41, 5.74) is 8.17. The fourth-order valence-corrected chi connectivity index (χ4v) is 4.81. The summed E-state index contributed by atoms with van der Waals surface area (Å²) in [5.74, 6) is 1.53. The summed E-state index contributed by atoms with van der Waals surface area (Å²) in [6, 6.07) is 18.3. The Hall–Kier alpha value is -4.12. The second-order valence-electron chi connectivity index (χ2n) is 9.22. The van der Waals surface area contributed by atoms with Crippen LogP contribution in [0.3, 0.4) is 0 Å². The van der Waals surface area contributed by atoms with E-state index in [1.54, 1.807) is 30.3 Å². The van der Waals surface area contributed by atoms with Gasteiger partial charge in [0.05, 0.1) is 11.4 Å².